The molecule has 1 N–H and O–H groups in total. The van der Waals surface area contributed by atoms with Crippen LogP contribution in [0.25, 0.3) is 0 Å². The second kappa shape index (κ2) is 8.38. The van der Waals surface area contributed by atoms with Crippen molar-refractivity contribution in [2.75, 3.05) is 20.3 Å². The fourth-order valence-electron chi connectivity index (χ4n) is 2.72. The third-order valence-corrected chi connectivity index (χ3v) is 4.11. The molecule has 0 radical (unpaired) electrons. The fourth-order valence-corrected chi connectivity index (χ4v) is 2.72. The molecule has 6 heteroatoms. The largest absolute Gasteiger partial charge is 0.496 e. The lowest BCUT2D eigenvalue weighted by Gasteiger charge is -2.18. The van der Waals surface area contributed by atoms with E-state index in [1.54, 1.807) is 25.3 Å². The summed E-state index contributed by atoms with van der Waals surface area (Å²) < 4.78 is 16.2. The Morgan fingerprint density at radius 3 is 2.62 bits per heavy atom. The molecule has 1 aliphatic heterocycles. The zero-order valence-corrected chi connectivity index (χ0v) is 14.6. The van der Waals surface area contributed by atoms with Gasteiger partial charge in [-0.3, -0.25) is 9.59 Å². The van der Waals surface area contributed by atoms with E-state index < -0.39 is 0 Å². The minimum atomic E-state index is -0.179. The lowest BCUT2D eigenvalue weighted by molar-refractivity contribution is -0.121. The van der Waals surface area contributed by atoms with Gasteiger partial charge in [0.15, 0.2) is 17.3 Å². The van der Waals surface area contributed by atoms with Crippen molar-refractivity contribution in [1.29, 1.82) is 0 Å². The van der Waals surface area contributed by atoms with Crippen LogP contribution in [0.2, 0.25) is 0 Å². The maximum Gasteiger partial charge on any atom is 0.220 e. The van der Waals surface area contributed by atoms with Crippen LogP contribution < -0.4 is 19.5 Å². The highest BCUT2D eigenvalue weighted by Gasteiger charge is 2.16. The molecule has 0 bridgehead atoms. The summed E-state index contributed by atoms with van der Waals surface area (Å²) in [5.41, 5.74) is 1.41. The minimum Gasteiger partial charge on any atom is -0.496 e. The van der Waals surface area contributed by atoms with Crippen molar-refractivity contribution in [3.05, 3.63) is 53.6 Å². The third-order valence-electron chi connectivity index (χ3n) is 4.11. The molecular weight excluding hydrogens is 334 g/mol. The highest BCUT2D eigenvalue weighted by Crippen LogP contribution is 2.31. The molecule has 0 unspecified atom stereocenters. The van der Waals surface area contributed by atoms with E-state index in [0.29, 0.717) is 36.8 Å². The highest BCUT2D eigenvalue weighted by atomic mass is 16.6. The van der Waals surface area contributed by atoms with Crippen LogP contribution in [0.5, 0.6) is 17.2 Å². The maximum atomic E-state index is 12.3. The Bertz CT molecular complexity index is 803. The van der Waals surface area contributed by atoms with Gasteiger partial charge in [-0.1, -0.05) is 18.2 Å². The zero-order valence-electron chi connectivity index (χ0n) is 14.6. The first-order valence-corrected chi connectivity index (χ1v) is 8.49. The Morgan fingerprint density at radius 2 is 1.81 bits per heavy atom. The number of carbonyl (C=O) groups is 2. The molecule has 26 heavy (non-hydrogen) atoms. The first-order chi connectivity index (χ1) is 12.7. The number of ketones is 1. The van der Waals surface area contributed by atoms with Crippen molar-refractivity contribution in [2.45, 2.75) is 19.4 Å². The van der Waals surface area contributed by atoms with E-state index in [4.69, 9.17) is 14.2 Å². The van der Waals surface area contributed by atoms with Gasteiger partial charge in [0.05, 0.1) is 7.11 Å². The highest BCUT2D eigenvalue weighted by molar-refractivity contribution is 5.98. The van der Waals surface area contributed by atoms with Crippen LogP contribution in [0.3, 0.4) is 0 Å². The van der Waals surface area contributed by atoms with Gasteiger partial charge < -0.3 is 19.5 Å². The molecule has 0 saturated heterocycles. The Hall–Kier alpha value is -3.02. The Morgan fingerprint density at radius 1 is 1.04 bits per heavy atom. The number of amides is 1. The second-order valence-electron chi connectivity index (χ2n) is 5.87. The van der Waals surface area contributed by atoms with Crippen LogP contribution in [0.1, 0.15) is 28.8 Å². The maximum absolute atomic E-state index is 12.3. The molecule has 1 heterocycles. The predicted molar refractivity (Wildman–Crippen MR) is 95.8 cm³/mol. The van der Waals surface area contributed by atoms with Crippen molar-refractivity contribution >= 4 is 11.7 Å². The summed E-state index contributed by atoms with van der Waals surface area (Å²) in [6.45, 7) is 1.34. The van der Waals surface area contributed by atoms with Crippen LogP contribution in [0.15, 0.2) is 42.5 Å². The van der Waals surface area contributed by atoms with Gasteiger partial charge in [-0.2, -0.15) is 0 Å². The monoisotopic (exact) mass is 355 g/mol. The molecule has 0 aromatic heterocycles. The summed E-state index contributed by atoms with van der Waals surface area (Å²) in [7, 11) is 1.59. The summed E-state index contributed by atoms with van der Waals surface area (Å²) in [5, 5.41) is 2.81. The van der Waals surface area contributed by atoms with Crippen LogP contribution >= 0.6 is 0 Å². The smallest absolute Gasteiger partial charge is 0.220 e. The van der Waals surface area contributed by atoms with Crippen LogP contribution in [0.4, 0.5) is 0 Å². The number of methoxy groups -OCH3 is 1. The van der Waals surface area contributed by atoms with Crippen LogP contribution in [-0.2, 0) is 11.3 Å². The number of hydrogen-bond donors (Lipinski definition) is 1. The standard InChI is InChI=1S/C20H21NO5/c1-24-17-5-3-2-4-15(17)13-21-20(23)9-7-16(22)14-6-8-18-19(12-14)26-11-10-25-18/h2-6,8,12H,7,9-11,13H2,1H3,(H,21,23). The van der Waals surface area contributed by atoms with E-state index in [-0.39, 0.29) is 24.5 Å². The first-order valence-electron chi connectivity index (χ1n) is 8.49. The van der Waals surface area contributed by atoms with Gasteiger partial charge in [-0.15, -0.1) is 0 Å². The summed E-state index contributed by atoms with van der Waals surface area (Å²) in [6, 6.07) is 12.6. The molecule has 0 spiro atoms. The van der Waals surface area contributed by atoms with Gasteiger partial charge in [-0.05, 0) is 24.3 Å². The molecule has 0 aliphatic carbocycles. The van der Waals surface area contributed by atoms with Crippen molar-refractivity contribution in [2.24, 2.45) is 0 Å². The summed E-state index contributed by atoms with van der Waals surface area (Å²) >= 11 is 0. The summed E-state index contributed by atoms with van der Waals surface area (Å²) in [6.07, 6.45) is 0.264. The van der Waals surface area contributed by atoms with Gasteiger partial charge in [0, 0.05) is 30.5 Å². The number of nitrogens with one attached hydrogen (secondary N) is 1. The molecule has 1 aliphatic rings. The lowest BCUT2D eigenvalue weighted by Crippen LogP contribution is -2.23. The number of fused-ring (bicyclic) bond motifs is 1. The van der Waals surface area contributed by atoms with Gasteiger partial charge in [0.1, 0.15) is 19.0 Å². The van der Waals surface area contributed by atoms with Gasteiger partial charge >= 0.3 is 0 Å². The van der Waals surface area contributed by atoms with Gasteiger partial charge in [-0.25, -0.2) is 0 Å². The number of para-hydroxylation sites is 1. The molecular formula is C20H21NO5. The normalized spacial score (nSPS) is 12.3. The number of Topliss-reactive ketones (excluding diaryl/α,β-unsaturated/α-hetero) is 1. The van der Waals surface area contributed by atoms with E-state index in [2.05, 4.69) is 5.32 Å². The average Bonchev–Trinajstić information content (AvgIpc) is 2.70. The Balaban J connectivity index is 1.50. The van der Waals surface area contributed by atoms with Crippen molar-refractivity contribution in [1.82, 2.24) is 5.32 Å². The molecule has 0 atom stereocenters. The van der Waals surface area contributed by atoms with Gasteiger partial charge in [0.25, 0.3) is 0 Å². The molecule has 0 fully saturated rings. The number of carbonyl (C=O) groups excluding carboxylic acids is 2. The minimum absolute atomic E-state index is 0.102. The topological polar surface area (TPSA) is 73.9 Å². The van der Waals surface area contributed by atoms with Crippen molar-refractivity contribution in [3.8, 4) is 17.2 Å². The fraction of sp³-hybridized carbons (Fsp3) is 0.300. The summed E-state index contributed by atoms with van der Waals surface area (Å²) in [5.74, 6) is 1.65. The molecule has 1 amide bonds. The average molecular weight is 355 g/mol. The molecule has 2 aromatic carbocycles. The van der Waals surface area contributed by atoms with Gasteiger partial charge in [0.2, 0.25) is 5.91 Å². The van der Waals surface area contributed by atoms with Crippen LogP contribution in [-0.4, -0.2) is 32.0 Å². The van der Waals surface area contributed by atoms with E-state index >= 15 is 0 Å². The molecule has 6 nitrogen and oxygen atoms in total. The van der Waals surface area contributed by atoms with Crippen molar-refractivity contribution in [3.63, 3.8) is 0 Å². The SMILES string of the molecule is COc1ccccc1CNC(=O)CCC(=O)c1ccc2c(c1)OCCO2. The number of ether oxygens (including phenoxy) is 3. The third kappa shape index (κ3) is 4.33. The first kappa shape index (κ1) is 17.8. The number of benzene rings is 2. The molecule has 3 rings (SSSR count). The second-order valence-corrected chi connectivity index (χ2v) is 5.87. The quantitative estimate of drug-likeness (QED) is 0.773. The molecule has 2 aromatic rings. The lowest BCUT2D eigenvalue weighted by atomic mass is 10.1. The zero-order chi connectivity index (χ0) is 18.4. The van der Waals surface area contributed by atoms with E-state index in [9.17, 15) is 9.59 Å². The van der Waals surface area contributed by atoms with Crippen molar-refractivity contribution < 1.29 is 23.8 Å². The summed E-state index contributed by atoms with van der Waals surface area (Å²) in [4.78, 5) is 24.3. The molecule has 136 valence electrons. The van der Waals surface area contributed by atoms with E-state index in [0.717, 1.165) is 11.3 Å². The number of rotatable bonds is 7. The molecule has 0 saturated carbocycles. The predicted octanol–water partition coefficient (Wildman–Crippen LogP) is 2.75. The van der Waals surface area contributed by atoms with E-state index in [1.807, 2.05) is 24.3 Å². The Kier molecular flexibility index (Phi) is 5.73. The van der Waals surface area contributed by atoms with E-state index in [1.165, 1.54) is 0 Å². The number of hydrogen-bond acceptors (Lipinski definition) is 5. The van der Waals surface area contributed by atoms with Crippen LogP contribution in [0, 0.1) is 0 Å². The Labute approximate surface area is 152 Å².